The first-order chi connectivity index (χ1) is 20.7. The zero-order valence-electron chi connectivity index (χ0n) is 29.4. The molecule has 0 aromatic carbocycles. The highest BCUT2D eigenvalue weighted by molar-refractivity contribution is 5.69. The van der Waals surface area contributed by atoms with Crippen LogP contribution in [0.4, 0.5) is 0 Å². The molecule has 0 spiro atoms. The molecule has 3 fully saturated rings. The maximum absolute atomic E-state index is 12.7. The average molecular weight is 595 g/mol. The number of allylic oxidation sites excluding steroid dienone is 3. The normalized spacial score (nSPS) is 34.5. The fourth-order valence-corrected chi connectivity index (χ4v) is 10.6. The molecule has 0 amide bonds. The molecule has 4 aliphatic carbocycles. The molecule has 0 saturated heterocycles. The molecule has 2 heteroatoms. The van der Waals surface area contributed by atoms with Crippen LogP contribution in [-0.4, -0.2) is 12.1 Å². The van der Waals surface area contributed by atoms with E-state index in [0.717, 1.165) is 61.2 Å². The lowest BCUT2D eigenvalue weighted by atomic mass is 9.47. The number of rotatable bonds is 17. The number of carbonyl (C=O) groups is 1. The highest BCUT2D eigenvalue weighted by atomic mass is 16.5. The maximum Gasteiger partial charge on any atom is 0.306 e. The van der Waals surface area contributed by atoms with Crippen LogP contribution in [0.2, 0.25) is 0 Å². The lowest BCUT2D eigenvalue weighted by Crippen LogP contribution is -2.51. The standard InChI is InChI=1S/C41H70O2/c1-7-8-9-10-11-12-13-14-15-16-17-21-39(42)43-34-26-28-40(5)33(30-34)22-23-35-37-25-24-36(32(4)20-18-19-31(2)3)41(37,6)29-27-38(35)40/h10-11,22,31-32,34-38H,7-9,12-21,23-30H2,1-6H3/b11-10+/t32-,34+,35+,36-,37+,38+,40+,41-/m1/s1. The molecule has 0 aromatic heterocycles. The summed E-state index contributed by atoms with van der Waals surface area (Å²) in [7, 11) is 0. The Kier molecular flexibility index (Phi) is 13.4. The van der Waals surface area contributed by atoms with Crippen LogP contribution in [0.25, 0.3) is 0 Å². The van der Waals surface area contributed by atoms with E-state index in [1.807, 2.05) is 0 Å². The van der Waals surface area contributed by atoms with Crippen LogP contribution < -0.4 is 0 Å². The van der Waals surface area contributed by atoms with Crippen molar-refractivity contribution < 1.29 is 9.53 Å². The first-order valence-electron chi connectivity index (χ1n) is 19.2. The van der Waals surface area contributed by atoms with Gasteiger partial charge in [-0.1, -0.05) is 117 Å². The molecule has 0 aliphatic heterocycles. The Morgan fingerprint density at radius 3 is 2.40 bits per heavy atom. The minimum Gasteiger partial charge on any atom is -0.462 e. The summed E-state index contributed by atoms with van der Waals surface area (Å²) in [6.07, 6.45) is 33.6. The Labute approximate surface area is 267 Å². The Morgan fingerprint density at radius 2 is 1.63 bits per heavy atom. The molecule has 4 rings (SSSR count). The molecule has 43 heavy (non-hydrogen) atoms. The Hall–Kier alpha value is -1.05. The van der Waals surface area contributed by atoms with Crippen LogP contribution in [0, 0.1) is 46.3 Å². The number of esters is 1. The minimum atomic E-state index is 0.0506. The first kappa shape index (κ1) is 34.8. The van der Waals surface area contributed by atoms with Crippen LogP contribution in [0.5, 0.6) is 0 Å². The average Bonchev–Trinajstić information content (AvgIpc) is 3.33. The zero-order chi connectivity index (χ0) is 30.9. The van der Waals surface area contributed by atoms with Crippen molar-refractivity contribution in [2.45, 2.75) is 182 Å². The van der Waals surface area contributed by atoms with Crippen molar-refractivity contribution in [3.63, 3.8) is 0 Å². The van der Waals surface area contributed by atoms with Gasteiger partial charge in [0.05, 0.1) is 0 Å². The Morgan fingerprint density at radius 1 is 0.884 bits per heavy atom. The van der Waals surface area contributed by atoms with Gasteiger partial charge in [0, 0.05) is 12.8 Å². The second-order valence-corrected chi connectivity index (χ2v) is 16.6. The second-order valence-electron chi connectivity index (χ2n) is 16.6. The predicted molar refractivity (Wildman–Crippen MR) is 184 cm³/mol. The Balaban J connectivity index is 1.20. The molecule has 246 valence electrons. The van der Waals surface area contributed by atoms with Gasteiger partial charge in [-0.15, -0.1) is 0 Å². The van der Waals surface area contributed by atoms with E-state index in [9.17, 15) is 4.79 Å². The van der Waals surface area contributed by atoms with E-state index >= 15 is 0 Å². The van der Waals surface area contributed by atoms with Crippen molar-refractivity contribution in [2.75, 3.05) is 0 Å². The fraction of sp³-hybridized carbons (Fsp3) is 0.878. The van der Waals surface area contributed by atoms with Gasteiger partial charge in [0.2, 0.25) is 0 Å². The number of hydrogen-bond acceptors (Lipinski definition) is 2. The van der Waals surface area contributed by atoms with Crippen LogP contribution in [-0.2, 0) is 9.53 Å². The third-order valence-electron chi connectivity index (χ3n) is 13.2. The molecule has 0 bridgehead atoms. The van der Waals surface area contributed by atoms with E-state index in [1.165, 1.54) is 103 Å². The van der Waals surface area contributed by atoms with E-state index in [-0.39, 0.29) is 12.1 Å². The van der Waals surface area contributed by atoms with Crippen molar-refractivity contribution in [1.29, 1.82) is 0 Å². The fourth-order valence-electron chi connectivity index (χ4n) is 10.6. The van der Waals surface area contributed by atoms with Crippen LogP contribution >= 0.6 is 0 Å². The summed E-state index contributed by atoms with van der Waals surface area (Å²) >= 11 is 0. The van der Waals surface area contributed by atoms with Crippen molar-refractivity contribution in [3.8, 4) is 0 Å². The Bertz CT molecular complexity index is 915. The van der Waals surface area contributed by atoms with Gasteiger partial charge in [0.1, 0.15) is 6.10 Å². The monoisotopic (exact) mass is 595 g/mol. The van der Waals surface area contributed by atoms with Gasteiger partial charge < -0.3 is 4.74 Å². The lowest BCUT2D eigenvalue weighted by molar-refractivity contribution is -0.151. The van der Waals surface area contributed by atoms with Crippen LogP contribution in [0.15, 0.2) is 23.8 Å². The first-order valence-corrected chi connectivity index (χ1v) is 19.2. The van der Waals surface area contributed by atoms with E-state index in [2.05, 4.69) is 59.8 Å². The van der Waals surface area contributed by atoms with Gasteiger partial charge in [-0.3, -0.25) is 4.79 Å². The minimum absolute atomic E-state index is 0.0506. The van der Waals surface area contributed by atoms with Gasteiger partial charge >= 0.3 is 5.97 Å². The van der Waals surface area contributed by atoms with E-state index in [1.54, 1.807) is 5.57 Å². The summed E-state index contributed by atoms with van der Waals surface area (Å²) in [6.45, 7) is 14.9. The molecule has 8 atom stereocenters. The lowest BCUT2D eigenvalue weighted by Gasteiger charge is -2.58. The van der Waals surface area contributed by atoms with Gasteiger partial charge in [-0.05, 0) is 117 Å². The van der Waals surface area contributed by atoms with E-state index in [0.29, 0.717) is 17.3 Å². The molecule has 3 saturated carbocycles. The van der Waals surface area contributed by atoms with Gasteiger partial charge in [-0.2, -0.15) is 0 Å². The highest BCUT2D eigenvalue weighted by Gasteiger charge is 2.59. The number of unbranched alkanes of at least 4 members (excludes halogenated alkanes) is 7. The highest BCUT2D eigenvalue weighted by Crippen LogP contribution is 2.67. The van der Waals surface area contributed by atoms with Crippen molar-refractivity contribution in [2.24, 2.45) is 46.3 Å². The number of ether oxygens (including phenoxy) is 1. The third-order valence-corrected chi connectivity index (χ3v) is 13.2. The summed E-state index contributed by atoms with van der Waals surface area (Å²) in [5.74, 6) is 5.32. The molecule has 0 unspecified atom stereocenters. The molecule has 4 aliphatic rings. The predicted octanol–water partition coefficient (Wildman–Crippen LogP) is 12.4. The quantitative estimate of drug-likeness (QED) is 0.0951. The molecular formula is C41H70O2. The zero-order valence-corrected chi connectivity index (χ0v) is 29.4. The number of fused-ring (bicyclic) bond motifs is 5. The van der Waals surface area contributed by atoms with Crippen LogP contribution in [0.1, 0.15) is 176 Å². The maximum atomic E-state index is 12.7. The number of hydrogen-bond donors (Lipinski definition) is 0. The van der Waals surface area contributed by atoms with Gasteiger partial charge in [-0.25, -0.2) is 0 Å². The molecule has 2 nitrogen and oxygen atoms in total. The summed E-state index contributed by atoms with van der Waals surface area (Å²) in [5.41, 5.74) is 2.53. The molecule has 0 aromatic rings. The second kappa shape index (κ2) is 16.5. The summed E-state index contributed by atoms with van der Waals surface area (Å²) in [6, 6.07) is 0. The molecule has 0 heterocycles. The molecule has 0 N–H and O–H groups in total. The van der Waals surface area contributed by atoms with E-state index < -0.39 is 0 Å². The summed E-state index contributed by atoms with van der Waals surface area (Å²) in [4.78, 5) is 12.7. The molecule has 0 radical (unpaired) electrons. The van der Waals surface area contributed by atoms with Gasteiger partial charge in [0.25, 0.3) is 0 Å². The molecular weight excluding hydrogens is 524 g/mol. The third kappa shape index (κ3) is 8.82. The van der Waals surface area contributed by atoms with Crippen LogP contribution in [0.3, 0.4) is 0 Å². The van der Waals surface area contributed by atoms with Crippen molar-refractivity contribution in [3.05, 3.63) is 23.8 Å². The topological polar surface area (TPSA) is 26.3 Å². The van der Waals surface area contributed by atoms with Crippen molar-refractivity contribution >= 4 is 5.97 Å². The SMILES string of the molecule is CCCC/C=C/CCCCCCCC(=O)O[C@H]1CC[C@@]2(C)C(=CC[C@H]3[C@@H]4CC[C@H]([C@H](C)CCCC(C)C)[C@@]4(C)CC[C@@H]32)C1. The number of carbonyl (C=O) groups excluding carboxylic acids is 1. The smallest absolute Gasteiger partial charge is 0.306 e. The summed E-state index contributed by atoms with van der Waals surface area (Å²) in [5, 5.41) is 0. The largest absolute Gasteiger partial charge is 0.462 e. The van der Waals surface area contributed by atoms with Gasteiger partial charge in [0.15, 0.2) is 0 Å². The van der Waals surface area contributed by atoms with Crippen molar-refractivity contribution in [1.82, 2.24) is 0 Å². The van der Waals surface area contributed by atoms with E-state index in [4.69, 9.17) is 4.74 Å². The summed E-state index contributed by atoms with van der Waals surface area (Å²) < 4.78 is 6.10.